The molecule has 3 rings (SSSR count). The van der Waals surface area contributed by atoms with Crippen LogP contribution in [0.15, 0.2) is 71.8 Å². The van der Waals surface area contributed by atoms with Gasteiger partial charge in [0.2, 0.25) is 0 Å². The summed E-state index contributed by atoms with van der Waals surface area (Å²) in [6.45, 7) is 0.250. The molecule has 0 aliphatic heterocycles. The van der Waals surface area contributed by atoms with Crippen LogP contribution in [0.25, 0.3) is 0 Å². The lowest BCUT2D eigenvalue weighted by Crippen LogP contribution is -2.13. The van der Waals surface area contributed by atoms with Gasteiger partial charge in [0.25, 0.3) is 10.0 Å². The molecule has 134 valence electrons. The zero-order valence-corrected chi connectivity index (χ0v) is 14.3. The maximum absolute atomic E-state index is 13.6. The summed E-state index contributed by atoms with van der Waals surface area (Å²) in [5, 5.41) is 2.96. The minimum absolute atomic E-state index is 0.0549. The van der Waals surface area contributed by atoms with Crippen molar-refractivity contribution in [2.75, 3.05) is 10.0 Å². The molecular weight excluding hydrogens is 360 g/mol. The number of anilines is 2. The van der Waals surface area contributed by atoms with Gasteiger partial charge in [-0.05, 0) is 42.5 Å². The van der Waals surface area contributed by atoms with Crippen LogP contribution in [0.3, 0.4) is 0 Å². The predicted octanol–water partition coefficient (Wildman–Crippen LogP) is 3.77. The third-order valence-electron chi connectivity index (χ3n) is 3.56. The van der Waals surface area contributed by atoms with Gasteiger partial charge in [-0.1, -0.05) is 18.2 Å². The molecule has 2 aromatic carbocycles. The number of aromatic nitrogens is 1. The Morgan fingerprint density at radius 1 is 0.923 bits per heavy atom. The summed E-state index contributed by atoms with van der Waals surface area (Å²) in [5.74, 6) is -0.363. The van der Waals surface area contributed by atoms with E-state index in [1.807, 2.05) is 0 Å². The number of benzene rings is 2. The molecule has 0 unspecified atom stereocenters. The first-order valence-corrected chi connectivity index (χ1v) is 9.14. The highest BCUT2D eigenvalue weighted by Gasteiger charge is 2.14. The van der Waals surface area contributed by atoms with Gasteiger partial charge in [0.15, 0.2) is 0 Å². The number of pyridine rings is 1. The van der Waals surface area contributed by atoms with Crippen LogP contribution in [-0.4, -0.2) is 13.4 Å². The summed E-state index contributed by atoms with van der Waals surface area (Å²) in [5.41, 5.74) is 0.751. The van der Waals surface area contributed by atoms with Crippen molar-refractivity contribution in [3.63, 3.8) is 0 Å². The van der Waals surface area contributed by atoms with Crippen LogP contribution >= 0.6 is 0 Å². The Kier molecular flexibility index (Phi) is 5.13. The van der Waals surface area contributed by atoms with E-state index < -0.39 is 15.8 Å². The molecule has 0 radical (unpaired) electrons. The molecule has 0 aliphatic carbocycles. The molecule has 3 aromatic rings. The molecule has 0 saturated carbocycles. The van der Waals surface area contributed by atoms with Crippen LogP contribution < -0.4 is 10.0 Å². The second-order valence-electron chi connectivity index (χ2n) is 5.44. The van der Waals surface area contributed by atoms with Crippen molar-refractivity contribution in [2.24, 2.45) is 0 Å². The summed E-state index contributed by atoms with van der Waals surface area (Å²) in [6.07, 6.45) is 1.34. The van der Waals surface area contributed by atoms with Crippen LogP contribution in [0.1, 0.15) is 5.56 Å². The van der Waals surface area contributed by atoms with Gasteiger partial charge in [-0.2, -0.15) is 0 Å². The summed E-state index contributed by atoms with van der Waals surface area (Å²) in [4.78, 5) is 4.04. The largest absolute Gasteiger partial charge is 0.366 e. The second-order valence-corrected chi connectivity index (χ2v) is 7.12. The van der Waals surface area contributed by atoms with Crippen LogP contribution in [0.2, 0.25) is 0 Å². The molecule has 0 fully saturated rings. The fourth-order valence-electron chi connectivity index (χ4n) is 2.21. The van der Waals surface area contributed by atoms with Crippen LogP contribution in [0.5, 0.6) is 0 Å². The Hall–Kier alpha value is -3.00. The molecule has 0 spiro atoms. The number of nitrogens with one attached hydrogen (secondary N) is 2. The zero-order valence-electron chi connectivity index (χ0n) is 13.5. The van der Waals surface area contributed by atoms with Gasteiger partial charge in [0.1, 0.15) is 17.5 Å². The Morgan fingerprint density at radius 3 is 2.31 bits per heavy atom. The van der Waals surface area contributed by atoms with Crippen molar-refractivity contribution >= 4 is 21.5 Å². The highest BCUT2D eigenvalue weighted by Crippen LogP contribution is 2.17. The zero-order chi connectivity index (χ0) is 18.6. The van der Waals surface area contributed by atoms with Crippen LogP contribution in [-0.2, 0) is 16.6 Å². The standard InChI is InChI=1S/C18H15F2N3O2S/c19-14-5-8-16(9-6-14)26(24,25)23-15-7-10-18(22-12-15)21-11-13-3-1-2-4-17(13)20/h1-10,12,23H,11H2,(H,21,22). The van der Waals surface area contributed by atoms with Crippen molar-refractivity contribution in [1.82, 2.24) is 4.98 Å². The van der Waals surface area contributed by atoms with Crippen molar-refractivity contribution in [3.05, 3.63) is 84.1 Å². The molecule has 8 heteroatoms. The number of rotatable bonds is 6. The number of halogens is 2. The predicted molar refractivity (Wildman–Crippen MR) is 95.2 cm³/mol. The molecular formula is C18H15F2N3O2S. The number of hydrogen-bond donors (Lipinski definition) is 2. The second kappa shape index (κ2) is 7.49. The van der Waals surface area contributed by atoms with Crippen molar-refractivity contribution in [2.45, 2.75) is 11.4 Å². The summed E-state index contributed by atoms with van der Waals surface area (Å²) < 4.78 is 53.3. The maximum atomic E-state index is 13.6. The molecule has 26 heavy (non-hydrogen) atoms. The summed E-state index contributed by atoms with van der Waals surface area (Å²) in [7, 11) is -3.83. The van der Waals surface area contributed by atoms with Gasteiger partial charge in [-0.3, -0.25) is 4.72 Å². The normalized spacial score (nSPS) is 11.2. The van der Waals surface area contributed by atoms with Gasteiger partial charge < -0.3 is 5.32 Å². The Balaban J connectivity index is 1.66. The first-order valence-electron chi connectivity index (χ1n) is 7.66. The Bertz CT molecular complexity index is 992. The molecule has 0 atom stereocenters. The van der Waals surface area contributed by atoms with E-state index in [9.17, 15) is 17.2 Å². The number of nitrogens with zero attached hydrogens (tertiary/aromatic N) is 1. The van der Waals surface area contributed by atoms with E-state index in [4.69, 9.17) is 0 Å². The highest BCUT2D eigenvalue weighted by molar-refractivity contribution is 7.92. The summed E-state index contributed by atoms with van der Waals surface area (Å²) in [6, 6.07) is 14.0. The summed E-state index contributed by atoms with van der Waals surface area (Å²) >= 11 is 0. The SMILES string of the molecule is O=S(=O)(Nc1ccc(NCc2ccccc2F)nc1)c1ccc(F)cc1. The van der Waals surface area contributed by atoms with Crippen LogP contribution in [0, 0.1) is 11.6 Å². The smallest absolute Gasteiger partial charge is 0.261 e. The van der Waals surface area contributed by atoms with Crippen molar-refractivity contribution in [1.29, 1.82) is 0 Å². The fraction of sp³-hybridized carbons (Fsp3) is 0.0556. The monoisotopic (exact) mass is 375 g/mol. The topological polar surface area (TPSA) is 71.1 Å². The first-order chi connectivity index (χ1) is 12.4. The fourth-order valence-corrected chi connectivity index (χ4v) is 3.26. The van der Waals surface area contributed by atoms with E-state index in [0.717, 1.165) is 12.1 Å². The van der Waals surface area contributed by atoms with E-state index in [1.165, 1.54) is 30.5 Å². The Morgan fingerprint density at radius 2 is 1.65 bits per heavy atom. The van der Waals surface area contributed by atoms with E-state index in [2.05, 4.69) is 15.0 Å². The van der Waals surface area contributed by atoms with Crippen molar-refractivity contribution in [3.8, 4) is 0 Å². The molecule has 0 amide bonds. The highest BCUT2D eigenvalue weighted by atomic mass is 32.2. The average molecular weight is 375 g/mol. The van der Waals surface area contributed by atoms with E-state index >= 15 is 0 Å². The lowest BCUT2D eigenvalue weighted by Gasteiger charge is -2.10. The molecule has 0 saturated heterocycles. The lowest BCUT2D eigenvalue weighted by molar-refractivity contribution is 0.599. The molecule has 0 aliphatic rings. The average Bonchev–Trinajstić information content (AvgIpc) is 2.62. The van der Waals surface area contributed by atoms with E-state index in [-0.39, 0.29) is 22.9 Å². The van der Waals surface area contributed by atoms with Gasteiger partial charge >= 0.3 is 0 Å². The van der Waals surface area contributed by atoms with Gasteiger partial charge in [-0.25, -0.2) is 22.2 Å². The quantitative estimate of drug-likeness (QED) is 0.688. The Labute approximate surface area is 149 Å². The minimum atomic E-state index is -3.83. The third kappa shape index (κ3) is 4.34. The first kappa shape index (κ1) is 17.8. The van der Waals surface area contributed by atoms with Gasteiger partial charge in [-0.15, -0.1) is 0 Å². The van der Waals surface area contributed by atoms with Crippen LogP contribution in [0.4, 0.5) is 20.3 Å². The van der Waals surface area contributed by atoms with Crippen molar-refractivity contribution < 1.29 is 17.2 Å². The maximum Gasteiger partial charge on any atom is 0.261 e. The number of hydrogen-bond acceptors (Lipinski definition) is 4. The number of sulfonamides is 1. The third-order valence-corrected chi connectivity index (χ3v) is 4.95. The molecule has 1 aromatic heterocycles. The van der Waals surface area contributed by atoms with Gasteiger partial charge in [0.05, 0.1) is 16.8 Å². The molecule has 0 bridgehead atoms. The van der Waals surface area contributed by atoms with Gasteiger partial charge in [0, 0.05) is 12.1 Å². The van der Waals surface area contributed by atoms with E-state index in [1.54, 1.807) is 24.3 Å². The molecule has 5 nitrogen and oxygen atoms in total. The van der Waals surface area contributed by atoms with E-state index in [0.29, 0.717) is 11.4 Å². The lowest BCUT2D eigenvalue weighted by atomic mass is 10.2. The molecule has 1 heterocycles. The minimum Gasteiger partial charge on any atom is -0.366 e. The molecule has 2 N–H and O–H groups in total.